The summed E-state index contributed by atoms with van der Waals surface area (Å²) in [4.78, 5) is 4.34. The SMILES string of the molecule is Cc1cccc(N(O)[C@@H]2C=C[C@@H](OC(C)(C)C)CC2)n1. The van der Waals surface area contributed by atoms with Crippen molar-refractivity contribution in [1.29, 1.82) is 0 Å². The van der Waals surface area contributed by atoms with E-state index in [1.807, 2.05) is 37.3 Å². The van der Waals surface area contributed by atoms with Crippen molar-refractivity contribution in [3.8, 4) is 0 Å². The normalized spacial score (nSPS) is 22.9. The third-order valence-electron chi connectivity index (χ3n) is 3.22. The van der Waals surface area contributed by atoms with Crippen LogP contribution in [0.5, 0.6) is 0 Å². The molecule has 4 nitrogen and oxygen atoms in total. The van der Waals surface area contributed by atoms with Gasteiger partial charge in [0.2, 0.25) is 0 Å². The van der Waals surface area contributed by atoms with Crippen LogP contribution in [0.15, 0.2) is 30.4 Å². The third-order valence-corrected chi connectivity index (χ3v) is 3.22. The average molecular weight is 276 g/mol. The molecule has 0 fully saturated rings. The van der Waals surface area contributed by atoms with Crippen molar-refractivity contribution in [2.24, 2.45) is 0 Å². The molecule has 1 aliphatic rings. The van der Waals surface area contributed by atoms with Crippen LogP contribution < -0.4 is 5.06 Å². The van der Waals surface area contributed by atoms with Gasteiger partial charge in [0.05, 0.1) is 17.7 Å². The highest BCUT2D eigenvalue weighted by Crippen LogP contribution is 2.24. The summed E-state index contributed by atoms with van der Waals surface area (Å²) in [5, 5.41) is 11.5. The van der Waals surface area contributed by atoms with Crippen molar-refractivity contribution in [1.82, 2.24) is 4.98 Å². The molecular formula is C16H24N2O2. The van der Waals surface area contributed by atoms with Gasteiger partial charge in [0.25, 0.3) is 0 Å². The number of hydrogen-bond donors (Lipinski definition) is 1. The molecule has 0 bridgehead atoms. The first kappa shape index (κ1) is 15.0. The van der Waals surface area contributed by atoms with Gasteiger partial charge in [-0.05, 0) is 52.7 Å². The Balaban J connectivity index is 2.00. The predicted octanol–water partition coefficient (Wildman–Crippen LogP) is 3.49. The lowest BCUT2D eigenvalue weighted by molar-refractivity contribution is -0.0445. The quantitative estimate of drug-likeness (QED) is 0.678. The smallest absolute Gasteiger partial charge is 0.153 e. The average Bonchev–Trinajstić information content (AvgIpc) is 2.37. The summed E-state index contributed by atoms with van der Waals surface area (Å²) in [6.07, 6.45) is 5.93. The van der Waals surface area contributed by atoms with Crippen LogP contribution >= 0.6 is 0 Å². The number of ether oxygens (including phenoxy) is 1. The Morgan fingerprint density at radius 2 is 2.00 bits per heavy atom. The molecule has 2 rings (SSSR count). The molecule has 4 heteroatoms. The summed E-state index contributed by atoms with van der Waals surface area (Å²) in [5.74, 6) is 0.592. The summed E-state index contributed by atoms with van der Waals surface area (Å²) < 4.78 is 5.93. The van der Waals surface area contributed by atoms with E-state index >= 15 is 0 Å². The standard InChI is InChI=1S/C16H24N2O2/c1-12-6-5-7-15(17-12)18(19)13-8-10-14(11-9-13)20-16(2,3)4/h5-8,10,13-14,19H,9,11H2,1-4H3/t13-,14-/m1/s1. The molecule has 2 atom stereocenters. The number of pyridine rings is 1. The Kier molecular flexibility index (Phi) is 4.45. The van der Waals surface area contributed by atoms with E-state index in [1.165, 1.54) is 5.06 Å². The van der Waals surface area contributed by atoms with Crippen LogP contribution in [0.2, 0.25) is 0 Å². The first-order valence-corrected chi connectivity index (χ1v) is 7.13. The summed E-state index contributed by atoms with van der Waals surface area (Å²) in [7, 11) is 0. The molecule has 0 spiro atoms. The number of anilines is 1. The van der Waals surface area contributed by atoms with Gasteiger partial charge in [-0.3, -0.25) is 5.21 Å². The van der Waals surface area contributed by atoms with E-state index in [0.717, 1.165) is 18.5 Å². The molecule has 0 aliphatic heterocycles. The van der Waals surface area contributed by atoms with Crippen molar-refractivity contribution in [2.75, 3.05) is 5.06 Å². The molecule has 0 aromatic carbocycles. The van der Waals surface area contributed by atoms with E-state index in [4.69, 9.17) is 4.74 Å². The zero-order chi connectivity index (χ0) is 14.8. The number of hydrogen-bond acceptors (Lipinski definition) is 4. The Bertz CT molecular complexity index is 480. The molecule has 0 saturated heterocycles. The van der Waals surface area contributed by atoms with Crippen LogP contribution in [0.1, 0.15) is 39.3 Å². The maximum atomic E-state index is 10.3. The largest absolute Gasteiger partial charge is 0.369 e. The van der Waals surface area contributed by atoms with Gasteiger partial charge in [-0.25, -0.2) is 10.0 Å². The molecule has 0 unspecified atom stereocenters. The highest BCUT2D eigenvalue weighted by molar-refractivity contribution is 5.38. The van der Waals surface area contributed by atoms with E-state index in [9.17, 15) is 5.21 Å². The van der Waals surface area contributed by atoms with Gasteiger partial charge in [0.1, 0.15) is 0 Å². The second kappa shape index (κ2) is 5.94. The monoisotopic (exact) mass is 276 g/mol. The number of hydroxylamine groups is 1. The van der Waals surface area contributed by atoms with E-state index in [0.29, 0.717) is 5.82 Å². The zero-order valence-corrected chi connectivity index (χ0v) is 12.7. The van der Waals surface area contributed by atoms with Crippen LogP contribution in [-0.2, 0) is 4.74 Å². The Morgan fingerprint density at radius 1 is 1.25 bits per heavy atom. The number of nitrogens with zero attached hydrogens (tertiary/aromatic N) is 2. The minimum Gasteiger partial charge on any atom is -0.369 e. The van der Waals surface area contributed by atoms with Gasteiger partial charge >= 0.3 is 0 Å². The van der Waals surface area contributed by atoms with Gasteiger partial charge in [0.15, 0.2) is 5.82 Å². The highest BCUT2D eigenvalue weighted by atomic mass is 16.5. The van der Waals surface area contributed by atoms with Crippen LogP contribution in [0.4, 0.5) is 5.82 Å². The molecule has 1 aliphatic carbocycles. The van der Waals surface area contributed by atoms with Crippen LogP contribution in [0, 0.1) is 6.92 Å². The molecule has 1 N–H and O–H groups in total. The lowest BCUT2D eigenvalue weighted by atomic mass is 9.99. The Morgan fingerprint density at radius 3 is 2.55 bits per heavy atom. The lowest BCUT2D eigenvalue weighted by Gasteiger charge is -2.32. The van der Waals surface area contributed by atoms with Crippen molar-refractivity contribution in [2.45, 2.75) is 58.3 Å². The fourth-order valence-corrected chi connectivity index (χ4v) is 2.36. The van der Waals surface area contributed by atoms with Crippen molar-refractivity contribution in [3.63, 3.8) is 0 Å². The van der Waals surface area contributed by atoms with Gasteiger partial charge < -0.3 is 4.74 Å². The minimum atomic E-state index is -0.140. The fraction of sp³-hybridized carbons (Fsp3) is 0.562. The molecule has 110 valence electrons. The number of aromatic nitrogens is 1. The van der Waals surface area contributed by atoms with E-state index in [2.05, 4.69) is 25.8 Å². The predicted molar refractivity (Wildman–Crippen MR) is 80.0 cm³/mol. The van der Waals surface area contributed by atoms with E-state index < -0.39 is 0 Å². The third kappa shape index (κ3) is 4.05. The molecule has 1 aromatic heterocycles. The lowest BCUT2D eigenvalue weighted by Crippen LogP contribution is -2.36. The van der Waals surface area contributed by atoms with Gasteiger partial charge in [0, 0.05) is 5.69 Å². The van der Waals surface area contributed by atoms with Crippen LogP contribution in [0.25, 0.3) is 0 Å². The summed E-state index contributed by atoms with van der Waals surface area (Å²) in [5.41, 5.74) is 0.758. The highest BCUT2D eigenvalue weighted by Gasteiger charge is 2.24. The zero-order valence-electron chi connectivity index (χ0n) is 12.7. The van der Waals surface area contributed by atoms with Gasteiger partial charge in [-0.15, -0.1) is 0 Å². The Labute approximate surface area is 121 Å². The molecule has 1 aromatic rings. The minimum absolute atomic E-state index is 0.0379. The second-order valence-electron chi connectivity index (χ2n) is 6.28. The van der Waals surface area contributed by atoms with Gasteiger partial charge in [-0.2, -0.15) is 0 Å². The second-order valence-corrected chi connectivity index (χ2v) is 6.28. The summed E-state index contributed by atoms with van der Waals surface area (Å²) in [6, 6.07) is 5.60. The fourth-order valence-electron chi connectivity index (χ4n) is 2.36. The van der Waals surface area contributed by atoms with Crippen molar-refractivity contribution < 1.29 is 9.94 Å². The van der Waals surface area contributed by atoms with Gasteiger partial charge in [-0.1, -0.05) is 18.2 Å². The maximum absolute atomic E-state index is 10.3. The number of rotatable bonds is 3. The van der Waals surface area contributed by atoms with Crippen LogP contribution in [0.3, 0.4) is 0 Å². The first-order valence-electron chi connectivity index (χ1n) is 7.13. The molecule has 0 radical (unpaired) electrons. The number of aryl methyl sites for hydroxylation is 1. The van der Waals surface area contributed by atoms with E-state index in [1.54, 1.807) is 0 Å². The molecular weight excluding hydrogens is 252 g/mol. The maximum Gasteiger partial charge on any atom is 0.153 e. The van der Waals surface area contributed by atoms with Crippen molar-refractivity contribution >= 4 is 5.82 Å². The summed E-state index contributed by atoms with van der Waals surface area (Å²) in [6.45, 7) is 8.09. The van der Waals surface area contributed by atoms with E-state index in [-0.39, 0.29) is 17.7 Å². The topological polar surface area (TPSA) is 45.6 Å². The molecule has 0 amide bonds. The Hall–Kier alpha value is -1.39. The molecule has 1 heterocycles. The van der Waals surface area contributed by atoms with Crippen molar-refractivity contribution in [3.05, 3.63) is 36.0 Å². The first-order chi connectivity index (χ1) is 9.35. The molecule has 20 heavy (non-hydrogen) atoms. The molecule has 0 saturated carbocycles. The summed E-state index contributed by atoms with van der Waals surface area (Å²) >= 11 is 0. The van der Waals surface area contributed by atoms with Crippen LogP contribution in [-0.4, -0.2) is 27.9 Å².